The topological polar surface area (TPSA) is 98.1 Å². The number of carbonyl (C=O) groups excluding carboxylic acids is 1. The maximum Gasteiger partial charge on any atom is 0.341 e. The summed E-state index contributed by atoms with van der Waals surface area (Å²) < 4.78 is 18.6. The lowest BCUT2D eigenvalue weighted by Gasteiger charge is -2.36. The minimum Gasteiger partial charge on any atom is -0.477 e. The third kappa shape index (κ3) is 4.76. The first kappa shape index (κ1) is 18.7. The molecule has 8 nitrogen and oxygen atoms in total. The van der Waals surface area contributed by atoms with Gasteiger partial charge in [0.15, 0.2) is 0 Å². The molecule has 1 saturated heterocycles. The van der Waals surface area contributed by atoms with E-state index in [0.717, 1.165) is 19.4 Å². The molecule has 1 fully saturated rings. The van der Waals surface area contributed by atoms with E-state index in [1.807, 2.05) is 11.0 Å². The maximum atomic E-state index is 13.8. The number of hydrogen-bond donors (Lipinski definition) is 3. The molecule has 27 heavy (non-hydrogen) atoms. The summed E-state index contributed by atoms with van der Waals surface area (Å²) in [6, 6.07) is 6.24. The van der Waals surface area contributed by atoms with Crippen LogP contribution in [0.4, 0.5) is 20.6 Å². The minimum absolute atomic E-state index is 0.102. The number of hydrogen-bond acceptors (Lipinski definition) is 5. The SMILES string of the molecule is O=C(NCCN1CCN(c2ccccc2F)CC1)Nc1cocc1C(=O)O. The van der Waals surface area contributed by atoms with Crippen molar-refractivity contribution in [2.75, 3.05) is 49.5 Å². The van der Waals surface area contributed by atoms with E-state index >= 15 is 0 Å². The van der Waals surface area contributed by atoms with Gasteiger partial charge in [0.25, 0.3) is 0 Å². The Hall–Kier alpha value is -3.07. The van der Waals surface area contributed by atoms with Gasteiger partial charge in [-0.05, 0) is 12.1 Å². The molecule has 3 rings (SSSR count). The third-order valence-electron chi connectivity index (χ3n) is 4.42. The highest BCUT2D eigenvalue weighted by Gasteiger charge is 2.19. The fourth-order valence-corrected chi connectivity index (χ4v) is 2.97. The standard InChI is InChI=1S/C18H21FN4O4/c19-14-3-1-2-4-16(14)23-9-7-22(8-10-23)6-5-20-18(26)21-15-12-27-11-13(15)17(24)25/h1-4,11-12H,5-10H2,(H,24,25)(H2,20,21,26). The van der Waals surface area contributed by atoms with Crippen LogP contribution in [0.1, 0.15) is 10.4 Å². The molecule has 1 aromatic heterocycles. The molecule has 2 heterocycles. The van der Waals surface area contributed by atoms with E-state index < -0.39 is 12.0 Å². The fourth-order valence-electron chi connectivity index (χ4n) is 2.97. The first-order chi connectivity index (χ1) is 13.0. The van der Waals surface area contributed by atoms with Crippen LogP contribution in [0.25, 0.3) is 0 Å². The van der Waals surface area contributed by atoms with Crippen LogP contribution in [0.2, 0.25) is 0 Å². The summed E-state index contributed by atoms with van der Waals surface area (Å²) in [5.74, 6) is -1.39. The molecule has 144 valence electrons. The molecule has 0 spiro atoms. The summed E-state index contributed by atoms with van der Waals surface area (Å²) in [5.41, 5.74) is 0.622. The van der Waals surface area contributed by atoms with Crippen molar-refractivity contribution in [1.82, 2.24) is 10.2 Å². The van der Waals surface area contributed by atoms with E-state index in [4.69, 9.17) is 9.52 Å². The molecular formula is C18H21FN4O4. The Morgan fingerprint density at radius 3 is 2.59 bits per heavy atom. The van der Waals surface area contributed by atoms with Crippen LogP contribution >= 0.6 is 0 Å². The molecule has 2 aromatic rings. The van der Waals surface area contributed by atoms with Crippen LogP contribution in [0.3, 0.4) is 0 Å². The smallest absolute Gasteiger partial charge is 0.341 e. The van der Waals surface area contributed by atoms with Crippen molar-refractivity contribution in [2.24, 2.45) is 0 Å². The number of urea groups is 1. The zero-order chi connectivity index (χ0) is 19.2. The molecule has 0 radical (unpaired) electrons. The number of halogens is 1. The molecule has 2 amide bonds. The molecule has 1 aliphatic heterocycles. The number of rotatable bonds is 6. The van der Waals surface area contributed by atoms with E-state index in [-0.39, 0.29) is 17.1 Å². The van der Waals surface area contributed by atoms with Gasteiger partial charge in [-0.25, -0.2) is 14.0 Å². The average Bonchev–Trinajstić information content (AvgIpc) is 3.11. The van der Waals surface area contributed by atoms with Crippen LogP contribution in [-0.2, 0) is 0 Å². The summed E-state index contributed by atoms with van der Waals surface area (Å²) in [6.07, 6.45) is 2.23. The summed E-state index contributed by atoms with van der Waals surface area (Å²) in [7, 11) is 0. The first-order valence-electron chi connectivity index (χ1n) is 8.61. The van der Waals surface area contributed by atoms with Gasteiger partial charge < -0.3 is 25.1 Å². The van der Waals surface area contributed by atoms with E-state index in [9.17, 15) is 14.0 Å². The van der Waals surface area contributed by atoms with Gasteiger partial charge in [-0.1, -0.05) is 12.1 Å². The summed E-state index contributed by atoms with van der Waals surface area (Å²) in [6.45, 7) is 4.01. The van der Waals surface area contributed by atoms with Crippen molar-refractivity contribution in [3.63, 3.8) is 0 Å². The number of aromatic carboxylic acids is 1. The Morgan fingerprint density at radius 1 is 1.15 bits per heavy atom. The quantitative estimate of drug-likeness (QED) is 0.714. The van der Waals surface area contributed by atoms with Crippen molar-refractivity contribution in [2.45, 2.75) is 0 Å². The van der Waals surface area contributed by atoms with Gasteiger partial charge in [0.05, 0.1) is 11.4 Å². The Labute approximate surface area is 155 Å². The van der Waals surface area contributed by atoms with Crippen LogP contribution in [0.15, 0.2) is 41.2 Å². The second-order valence-electron chi connectivity index (χ2n) is 6.17. The fraction of sp³-hybridized carbons (Fsp3) is 0.333. The molecule has 3 N–H and O–H groups in total. The van der Waals surface area contributed by atoms with Gasteiger partial charge in [0.2, 0.25) is 0 Å². The predicted octanol–water partition coefficient (Wildman–Crippen LogP) is 2.06. The van der Waals surface area contributed by atoms with Gasteiger partial charge in [-0.15, -0.1) is 0 Å². The lowest BCUT2D eigenvalue weighted by Crippen LogP contribution is -2.49. The van der Waals surface area contributed by atoms with Gasteiger partial charge in [-0.2, -0.15) is 0 Å². The molecule has 1 aromatic carbocycles. The number of carbonyl (C=O) groups is 2. The van der Waals surface area contributed by atoms with Crippen molar-refractivity contribution in [3.8, 4) is 0 Å². The monoisotopic (exact) mass is 376 g/mol. The predicted molar refractivity (Wildman–Crippen MR) is 97.7 cm³/mol. The van der Waals surface area contributed by atoms with E-state index in [0.29, 0.717) is 31.9 Å². The second-order valence-corrected chi connectivity index (χ2v) is 6.17. The number of para-hydroxylation sites is 1. The molecule has 0 saturated carbocycles. The van der Waals surface area contributed by atoms with Crippen molar-refractivity contribution in [3.05, 3.63) is 48.2 Å². The highest BCUT2D eigenvalue weighted by Crippen LogP contribution is 2.20. The number of carboxylic acid groups (broad SMARTS) is 1. The molecule has 0 unspecified atom stereocenters. The Balaban J connectivity index is 1.39. The summed E-state index contributed by atoms with van der Waals surface area (Å²) in [4.78, 5) is 27.0. The number of nitrogens with zero attached hydrogens (tertiary/aromatic N) is 2. The number of carboxylic acids is 1. The van der Waals surface area contributed by atoms with Crippen molar-refractivity contribution in [1.29, 1.82) is 0 Å². The number of nitrogens with one attached hydrogen (secondary N) is 2. The highest BCUT2D eigenvalue weighted by atomic mass is 19.1. The number of benzene rings is 1. The lowest BCUT2D eigenvalue weighted by molar-refractivity contribution is 0.0697. The lowest BCUT2D eigenvalue weighted by atomic mass is 10.2. The summed E-state index contributed by atoms with van der Waals surface area (Å²) in [5, 5.41) is 14.1. The second kappa shape index (κ2) is 8.54. The molecule has 0 aliphatic carbocycles. The Bertz CT molecular complexity index is 802. The average molecular weight is 376 g/mol. The molecule has 0 bridgehead atoms. The highest BCUT2D eigenvalue weighted by molar-refractivity contribution is 5.99. The molecule has 0 atom stereocenters. The van der Waals surface area contributed by atoms with E-state index in [2.05, 4.69) is 15.5 Å². The third-order valence-corrected chi connectivity index (χ3v) is 4.42. The van der Waals surface area contributed by atoms with Gasteiger partial charge in [0, 0.05) is 39.3 Å². The van der Waals surface area contributed by atoms with Gasteiger partial charge in [0.1, 0.15) is 23.9 Å². The van der Waals surface area contributed by atoms with E-state index in [1.165, 1.54) is 12.3 Å². The van der Waals surface area contributed by atoms with Gasteiger partial charge >= 0.3 is 12.0 Å². The van der Waals surface area contributed by atoms with Crippen LogP contribution in [0, 0.1) is 5.82 Å². The minimum atomic E-state index is -1.17. The Kier molecular flexibility index (Phi) is 5.92. The number of furan rings is 1. The molecular weight excluding hydrogens is 355 g/mol. The number of anilines is 2. The largest absolute Gasteiger partial charge is 0.477 e. The normalized spacial score (nSPS) is 14.8. The number of amides is 2. The summed E-state index contributed by atoms with van der Waals surface area (Å²) >= 11 is 0. The first-order valence-corrected chi connectivity index (χ1v) is 8.61. The number of piperazine rings is 1. The maximum absolute atomic E-state index is 13.8. The zero-order valence-electron chi connectivity index (χ0n) is 14.7. The van der Waals surface area contributed by atoms with E-state index in [1.54, 1.807) is 12.1 Å². The Morgan fingerprint density at radius 2 is 1.89 bits per heavy atom. The van der Waals surface area contributed by atoms with Crippen LogP contribution in [-0.4, -0.2) is 61.3 Å². The molecule has 1 aliphatic rings. The van der Waals surface area contributed by atoms with Crippen molar-refractivity contribution >= 4 is 23.4 Å². The van der Waals surface area contributed by atoms with Gasteiger partial charge in [-0.3, -0.25) is 4.90 Å². The molecule has 9 heteroatoms. The zero-order valence-corrected chi connectivity index (χ0v) is 14.7. The van der Waals surface area contributed by atoms with Crippen LogP contribution < -0.4 is 15.5 Å². The van der Waals surface area contributed by atoms with Crippen LogP contribution in [0.5, 0.6) is 0 Å². The van der Waals surface area contributed by atoms with Crippen molar-refractivity contribution < 1.29 is 23.5 Å².